The summed E-state index contributed by atoms with van der Waals surface area (Å²) >= 11 is 6.21. The molecule has 0 aliphatic carbocycles. The lowest BCUT2D eigenvalue weighted by Gasteiger charge is -2.36. The molecule has 5 rings (SSSR count). The minimum absolute atomic E-state index is 0.0563. The van der Waals surface area contributed by atoms with Crippen molar-refractivity contribution in [3.05, 3.63) is 112 Å². The van der Waals surface area contributed by atoms with Crippen molar-refractivity contribution < 1.29 is 17.2 Å². The second-order valence-corrected chi connectivity index (χ2v) is 11.3. The number of nitrogens with zero attached hydrogens (tertiary/aromatic N) is 4. The van der Waals surface area contributed by atoms with Crippen LogP contribution in [-0.4, -0.2) is 48.7 Å². The summed E-state index contributed by atoms with van der Waals surface area (Å²) in [5.41, 5.74) is 1.29. The van der Waals surface area contributed by atoms with Gasteiger partial charge >= 0.3 is 0 Å². The van der Waals surface area contributed by atoms with Crippen LogP contribution in [0.1, 0.15) is 5.56 Å². The fourth-order valence-electron chi connectivity index (χ4n) is 4.53. The number of hydrogen-bond acceptors (Lipinski definition) is 5. The highest BCUT2D eigenvalue weighted by molar-refractivity contribution is 7.88. The summed E-state index contributed by atoms with van der Waals surface area (Å²) in [6, 6.07) is 18.4. The first-order chi connectivity index (χ1) is 18.2. The maximum absolute atomic E-state index is 13.9. The first-order valence-electron chi connectivity index (χ1n) is 11.8. The Morgan fingerprint density at radius 2 is 1.55 bits per heavy atom. The Bertz CT molecular complexity index is 1620. The molecule has 7 nitrogen and oxygen atoms in total. The molecule has 2 heterocycles. The van der Waals surface area contributed by atoms with Gasteiger partial charge in [0, 0.05) is 37.3 Å². The number of piperazine rings is 1. The highest BCUT2D eigenvalue weighted by Crippen LogP contribution is 2.30. The van der Waals surface area contributed by atoms with Gasteiger partial charge in [0.15, 0.2) is 0 Å². The third-order valence-electron chi connectivity index (χ3n) is 6.33. The highest BCUT2D eigenvalue weighted by Gasteiger charge is 2.29. The minimum Gasteiger partial charge on any atom is -0.367 e. The van der Waals surface area contributed by atoms with Crippen LogP contribution in [-0.2, 0) is 15.8 Å². The van der Waals surface area contributed by atoms with Gasteiger partial charge in [0.1, 0.15) is 11.6 Å². The van der Waals surface area contributed by atoms with Crippen molar-refractivity contribution in [2.45, 2.75) is 5.75 Å². The predicted molar refractivity (Wildman–Crippen MR) is 143 cm³/mol. The van der Waals surface area contributed by atoms with Crippen LogP contribution in [0.4, 0.5) is 14.5 Å². The molecule has 0 atom stereocenters. The predicted octanol–water partition coefficient (Wildman–Crippen LogP) is 4.48. The molecule has 1 saturated heterocycles. The van der Waals surface area contributed by atoms with Crippen LogP contribution in [0.25, 0.3) is 16.8 Å². The zero-order valence-corrected chi connectivity index (χ0v) is 21.7. The summed E-state index contributed by atoms with van der Waals surface area (Å²) in [4.78, 5) is 15.6. The molecule has 38 heavy (non-hydrogen) atoms. The summed E-state index contributed by atoms with van der Waals surface area (Å²) in [5, 5.41) is 4.61. The minimum atomic E-state index is -3.53. The van der Waals surface area contributed by atoms with Gasteiger partial charge in [-0.2, -0.15) is 14.1 Å². The lowest BCUT2D eigenvalue weighted by Crippen LogP contribution is -2.49. The number of anilines is 1. The lowest BCUT2D eigenvalue weighted by atomic mass is 10.1. The van der Waals surface area contributed by atoms with Crippen molar-refractivity contribution in [3.8, 4) is 16.8 Å². The second kappa shape index (κ2) is 10.6. The maximum Gasteiger partial charge on any atom is 0.281 e. The van der Waals surface area contributed by atoms with Gasteiger partial charge in [-0.3, -0.25) is 4.79 Å². The zero-order valence-electron chi connectivity index (χ0n) is 20.1. The van der Waals surface area contributed by atoms with Crippen molar-refractivity contribution in [2.24, 2.45) is 0 Å². The van der Waals surface area contributed by atoms with Crippen LogP contribution in [0.2, 0.25) is 5.02 Å². The third-order valence-corrected chi connectivity index (χ3v) is 8.41. The van der Waals surface area contributed by atoms with E-state index in [2.05, 4.69) is 5.10 Å². The molecule has 196 valence electrons. The Balaban J connectivity index is 1.48. The number of halogens is 3. The monoisotopic (exact) mass is 556 g/mol. The van der Waals surface area contributed by atoms with Crippen LogP contribution >= 0.6 is 11.6 Å². The fraction of sp³-hybridized carbons (Fsp3) is 0.185. The topological polar surface area (TPSA) is 75.5 Å². The average Bonchev–Trinajstić information content (AvgIpc) is 2.88. The molecule has 0 bridgehead atoms. The van der Waals surface area contributed by atoms with Crippen LogP contribution in [0.15, 0.2) is 83.8 Å². The Morgan fingerprint density at radius 3 is 2.21 bits per heavy atom. The summed E-state index contributed by atoms with van der Waals surface area (Å²) in [5.74, 6) is -1.77. The Labute approximate surface area is 223 Å². The Kier molecular flexibility index (Phi) is 7.29. The molecular weight excluding hydrogens is 534 g/mol. The van der Waals surface area contributed by atoms with E-state index in [1.165, 1.54) is 10.5 Å². The molecular formula is C27H23ClF2N4O3S. The van der Waals surface area contributed by atoms with E-state index in [9.17, 15) is 22.0 Å². The number of rotatable bonds is 6. The Morgan fingerprint density at radius 1 is 0.868 bits per heavy atom. The molecule has 1 aliphatic heterocycles. The van der Waals surface area contributed by atoms with Gasteiger partial charge in [-0.05, 0) is 35.4 Å². The fourth-order valence-corrected chi connectivity index (χ4v) is 6.23. The van der Waals surface area contributed by atoms with E-state index in [0.717, 1.165) is 16.8 Å². The summed E-state index contributed by atoms with van der Waals surface area (Å²) in [6.07, 6.45) is 1.45. The van der Waals surface area contributed by atoms with E-state index in [-0.39, 0.29) is 30.1 Å². The van der Waals surface area contributed by atoms with Crippen LogP contribution in [0.3, 0.4) is 0 Å². The van der Waals surface area contributed by atoms with E-state index in [4.69, 9.17) is 11.6 Å². The highest BCUT2D eigenvalue weighted by atomic mass is 35.5. The number of hydrogen-bond donors (Lipinski definition) is 0. The molecule has 0 radical (unpaired) electrons. The third kappa shape index (κ3) is 5.47. The lowest BCUT2D eigenvalue weighted by molar-refractivity contribution is 0.384. The number of aromatic nitrogens is 2. The number of sulfonamides is 1. The van der Waals surface area contributed by atoms with Crippen molar-refractivity contribution in [1.29, 1.82) is 0 Å². The van der Waals surface area contributed by atoms with Crippen LogP contribution < -0.4 is 10.5 Å². The molecule has 11 heteroatoms. The quantitative estimate of drug-likeness (QED) is 0.350. The largest absolute Gasteiger partial charge is 0.367 e. The SMILES string of the molecule is O=c1c(-c2cccc(Cl)c2)c(N2CCN(S(=O)(=O)Cc3ccccc3)CC2)cnn1-c1cc(F)cc(F)c1. The first kappa shape index (κ1) is 26.0. The van der Waals surface area contributed by atoms with Gasteiger partial charge in [-0.1, -0.05) is 54.1 Å². The molecule has 1 fully saturated rings. The van der Waals surface area contributed by atoms with Gasteiger partial charge in [-0.25, -0.2) is 17.2 Å². The van der Waals surface area contributed by atoms with Gasteiger partial charge in [0.25, 0.3) is 5.56 Å². The van der Waals surface area contributed by atoms with Crippen LogP contribution in [0, 0.1) is 11.6 Å². The molecule has 3 aromatic carbocycles. The van der Waals surface area contributed by atoms with Gasteiger partial charge in [-0.15, -0.1) is 0 Å². The van der Waals surface area contributed by atoms with Gasteiger partial charge < -0.3 is 4.90 Å². The zero-order chi connectivity index (χ0) is 26.9. The average molecular weight is 557 g/mol. The molecule has 0 saturated carbocycles. The molecule has 0 spiro atoms. The summed E-state index contributed by atoms with van der Waals surface area (Å²) in [6.45, 7) is 1.09. The maximum atomic E-state index is 13.9. The molecule has 1 aliphatic rings. The summed E-state index contributed by atoms with van der Waals surface area (Å²) < 4.78 is 56.2. The van der Waals surface area contributed by atoms with Gasteiger partial charge in [0.2, 0.25) is 10.0 Å². The smallest absolute Gasteiger partial charge is 0.281 e. The number of benzene rings is 3. The van der Waals surface area contributed by atoms with Crippen molar-refractivity contribution in [3.63, 3.8) is 0 Å². The van der Waals surface area contributed by atoms with E-state index in [0.29, 0.717) is 41.0 Å². The molecule has 1 aromatic heterocycles. The molecule has 4 aromatic rings. The Hall–Kier alpha value is -3.60. The van der Waals surface area contributed by atoms with Crippen molar-refractivity contribution in [1.82, 2.24) is 14.1 Å². The van der Waals surface area contributed by atoms with Crippen molar-refractivity contribution in [2.75, 3.05) is 31.1 Å². The normalized spacial score (nSPS) is 14.6. The van der Waals surface area contributed by atoms with E-state index < -0.39 is 27.2 Å². The van der Waals surface area contributed by atoms with E-state index in [1.807, 2.05) is 11.0 Å². The molecule has 0 N–H and O–H groups in total. The second-order valence-electron chi connectivity index (χ2n) is 8.89. The summed E-state index contributed by atoms with van der Waals surface area (Å²) in [7, 11) is -3.53. The van der Waals surface area contributed by atoms with E-state index >= 15 is 0 Å². The first-order valence-corrected chi connectivity index (χ1v) is 13.8. The van der Waals surface area contributed by atoms with Crippen LogP contribution in [0.5, 0.6) is 0 Å². The van der Waals surface area contributed by atoms with Crippen molar-refractivity contribution >= 4 is 27.3 Å². The van der Waals surface area contributed by atoms with E-state index in [1.54, 1.807) is 48.5 Å². The molecule has 0 amide bonds. The van der Waals surface area contributed by atoms with Gasteiger partial charge in [0.05, 0.1) is 28.9 Å². The molecule has 0 unspecified atom stereocenters. The standard InChI is InChI=1S/C27H23ClF2N4O3S/c28-21-8-4-7-20(13-21)26-25(17-31-34(27(26)35)24-15-22(29)14-23(30)16-24)32-9-11-33(12-10-32)38(36,37)18-19-5-2-1-3-6-19/h1-8,13-17H,9-12,18H2.